The lowest BCUT2D eigenvalue weighted by Crippen LogP contribution is -2.18. The number of Topliss-reactive ketones (excluding diaryl/α,β-unsaturated/α-hetero) is 1. The van der Waals surface area contributed by atoms with Gasteiger partial charge in [0.1, 0.15) is 5.75 Å². The Morgan fingerprint density at radius 3 is 2.24 bits per heavy atom. The third kappa shape index (κ3) is 5.90. The van der Waals surface area contributed by atoms with E-state index in [0.29, 0.717) is 11.4 Å². The summed E-state index contributed by atoms with van der Waals surface area (Å²) in [6.07, 6.45) is 0. The monoisotopic (exact) mass is 398 g/mol. The molecule has 0 spiro atoms. The highest BCUT2D eigenvalue weighted by Gasteiger charge is 2.17. The van der Waals surface area contributed by atoms with E-state index in [1.165, 1.54) is 45.2 Å². The van der Waals surface area contributed by atoms with E-state index in [4.69, 9.17) is 9.47 Å². The van der Waals surface area contributed by atoms with Crippen LogP contribution in [-0.2, 0) is 14.3 Å². The molecule has 0 heterocycles. The molecule has 0 aliphatic heterocycles. The molecule has 2 N–H and O–H groups in total. The summed E-state index contributed by atoms with van der Waals surface area (Å²) in [5, 5.41) is 5.11. The second kappa shape index (κ2) is 9.50. The number of esters is 1. The molecule has 29 heavy (non-hydrogen) atoms. The number of rotatable bonds is 7. The van der Waals surface area contributed by atoms with Gasteiger partial charge in [-0.3, -0.25) is 14.4 Å². The fourth-order valence-corrected chi connectivity index (χ4v) is 2.60. The number of amides is 2. The maximum absolute atomic E-state index is 12.6. The van der Waals surface area contributed by atoms with E-state index in [9.17, 15) is 19.2 Å². The van der Waals surface area contributed by atoms with Gasteiger partial charge in [-0.1, -0.05) is 6.07 Å². The van der Waals surface area contributed by atoms with E-state index in [1.807, 2.05) is 6.92 Å². The Morgan fingerprint density at radius 2 is 1.62 bits per heavy atom. The SMILES string of the molecule is COc1cc(C(=O)OCC(=O)c2ccc(NC(C)=O)cc2NC(C)=O)ccc1C. The van der Waals surface area contributed by atoms with Gasteiger partial charge in [0.2, 0.25) is 17.6 Å². The molecule has 0 aliphatic carbocycles. The zero-order valence-corrected chi connectivity index (χ0v) is 16.6. The van der Waals surface area contributed by atoms with Crippen LogP contribution in [0.3, 0.4) is 0 Å². The molecular formula is C21H22N2O6. The minimum absolute atomic E-state index is 0.156. The van der Waals surface area contributed by atoms with Crippen LogP contribution in [0.2, 0.25) is 0 Å². The standard InChI is InChI=1S/C21H22N2O6/c1-12-5-6-15(9-20(12)28-4)21(27)29-11-19(26)17-8-7-16(22-13(2)24)10-18(17)23-14(3)25/h5-10H,11H2,1-4H3,(H,22,24)(H,23,25). The van der Waals surface area contributed by atoms with Crippen molar-refractivity contribution in [3.63, 3.8) is 0 Å². The van der Waals surface area contributed by atoms with Crippen molar-refractivity contribution in [3.05, 3.63) is 53.1 Å². The first-order valence-corrected chi connectivity index (χ1v) is 8.75. The summed E-state index contributed by atoms with van der Waals surface area (Å²) in [6, 6.07) is 9.26. The van der Waals surface area contributed by atoms with E-state index in [1.54, 1.807) is 12.1 Å². The number of ether oxygens (including phenoxy) is 2. The van der Waals surface area contributed by atoms with E-state index < -0.39 is 18.4 Å². The van der Waals surface area contributed by atoms with Gasteiger partial charge < -0.3 is 20.1 Å². The van der Waals surface area contributed by atoms with Crippen LogP contribution in [0.5, 0.6) is 5.75 Å². The maximum Gasteiger partial charge on any atom is 0.338 e. The lowest BCUT2D eigenvalue weighted by molar-refractivity contribution is -0.115. The molecule has 8 heteroatoms. The highest BCUT2D eigenvalue weighted by molar-refractivity contribution is 6.07. The minimum Gasteiger partial charge on any atom is -0.496 e. The normalized spacial score (nSPS) is 10.1. The molecule has 2 amide bonds. The third-order valence-electron chi connectivity index (χ3n) is 3.93. The van der Waals surface area contributed by atoms with Crippen LogP contribution < -0.4 is 15.4 Å². The number of anilines is 2. The summed E-state index contributed by atoms with van der Waals surface area (Å²) in [6.45, 7) is 3.97. The maximum atomic E-state index is 12.6. The Hall–Kier alpha value is -3.68. The molecular weight excluding hydrogens is 376 g/mol. The second-order valence-corrected chi connectivity index (χ2v) is 6.31. The molecule has 0 aromatic heterocycles. The van der Waals surface area contributed by atoms with Gasteiger partial charge in [-0.25, -0.2) is 4.79 Å². The molecule has 0 fully saturated rings. The van der Waals surface area contributed by atoms with Gasteiger partial charge >= 0.3 is 5.97 Å². The predicted octanol–water partition coefficient (Wildman–Crippen LogP) is 2.96. The lowest BCUT2D eigenvalue weighted by Gasteiger charge is -2.12. The van der Waals surface area contributed by atoms with Crippen molar-refractivity contribution in [3.8, 4) is 5.75 Å². The molecule has 0 saturated heterocycles. The summed E-state index contributed by atoms with van der Waals surface area (Å²) in [5.41, 5.74) is 1.90. The third-order valence-corrected chi connectivity index (χ3v) is 3.93. The van der Waals surface area contributed by atoms with Gasteiger partial charge in [0.05, 0.1) is 18.4 Å². The highest BCUT2D eigenvalue weighted by Crippen LogP contribution is 2.23. The highest BCUT2D eigenvalue weighted by atomic mass is 16.5. The average Bonchev–Trinajstić information content (AvgIpc) is 2.65. The van der Waals surface area contributed by atoms with E-state index in [0.717, 1.165) is 5.56 Å². The summed E-state index contributed by atoms with van der Waals surface area (Å²) >= 11 is 0. The fraction of sp³-hybridized carbons (Fsp3) is 0.238. The zero-order valence-electron chi connectivity index (χ0n) is 16.6. The number of carbonyl (C=O) groups is 4. The summed E-state index contributed by atoms with van der Waals surface area (Å²) in [4.78, 5) is 47.5. The van der Waals surface area contributed by atoms with Crippen LogP contribution in [0.1, 0.15) is 40.1 Å². The van der Waals surface area contributed by atoms with Crippen LogP contribution in [0.4, 0.5) is 11.4 Å². The number of nitrogens with one attached hydrogen (secondary N) is 2. The molecule has 0 unspecified atom stereocenters. The average molecular weight is 398 g/mol. The van der Waals surface area contributed by atoms with Crippen molar-refractivity contribution in [2.75, 3.05) is 24.4 Å². The Morgan fingerprint density at radius 1 is 0.931 bits per heavy atom. The number of aryl methyl sites for hydroxylation is 1. The quantitative estimate of drug-likeness (QED) is 0.548. The van der Waals surface area contributed by atoms with E-state index >= 15 is 0 Å². The van der Waals surface area contributed by atoms with Crippen molar-refractivity contribution < 1.29 is 28.7 Å². The Kier molecular flexibility index (Phi) is 7.08. The molecule has 0 aliphatic rings. The molecule has 8 nitrogen and oxygen atoms in total. The largest absolute Gasteiger partial charge is 0.496 e. The van der Waals surface area contributed by atoms with Crippen molar-refractivity contribution in [2.24, 2.45) is 0 Å². The molecule has 0 bridgehead atoms. The number of hydrogen-bond acceptors (Lipinski definition) is 6. The summed E-state index contributed by atoms with van der Waals surface area (Å²) in [5.74, 6) is -1.32. The first-order valence-electron chi connectivity index (χ1n) is 8.75. The first kappa shape index (κ1) is 21.6. The van der Waals surface area contributed by atoms with Crippen LogP contribution in [0.25, 0.3) is 0 Å². The van der Waals surface area contributed by atoms with Crippen molar-refractivity contribution >= 4 is 34.9 Å². The molecule has 2 aromatic rings. The van der Waals surface area contributed by atoms with Crippen molar-refractivity contribution in [1.82, 2.24) is 0 Å². The van der Waals surface area contributed by atoms with Crippen LogP contribution in [-0.4, -0.2) is 37.3 Å². The number of hydrogen-bond donors (Lipinski definition) is 2. The van der Waals surface area contributed by atoms with Gasteiger partial charge in [-0.2, -0.15) is 0 Å². The summed E-state index contributed by atoms with van der Waals surface area (Å²) in [7, 11) is 1.50. The molecule has 0 saturated carbocycles. The first-order chi connectivity index (χ1) is 13.7. The van der Waals surface area contributed by atoms with E-state index in [-0.39, 0.29) is 28.6 Å². The smallest absolute Gasteiger partial charge is 0.338 e. The Bertz CT molecular complexity index is 968. The minimum atomic E-state index is -0.674. The topological polar surface area (TPSA) is 111 Å². The van der Waals surface area contributed by atoms with E-state index in [2.05, 4.69) is 10.6 Å². The molecule has 2 aromatic carbocycles. The van der Waals surface area contributed by atoms with Crippen LogP contribution >= 0.6 is 0 Å². The van der Waals surface area contributed by atoms with Gasteiger partial charge in [0, 0.05) is 25.1 Å². The van der Waals surface area contributed by atoms with Gasteiger partial charge in [0.25, 0.3) is 0 Å². The lowest BCUT2D eigenvalue weighted by atomic mass is 10.1. The number of benzene rings is 2. The molecule has 2 rings (SSSR count). The zero-order chi connectivity index (χ0) is 21.6. The van der Waals surface area contributed by atoms with Gasteiger partial charge in [-0.15, -0.1) is 0 Å². The van der Waals surface area contributed by atoms with Gasteiger partial charge in [-0.05, 0) is 42.8 Å². The summed E-state index contributed by atoms with van der Waals surface area (Å²) < 4.78 is 10.3. The number of carbonyl (C=O) groups excluding carboxylic acids is 4. The molecule has 0 radical (unpaired) electrons. The fourth-order valence-electron chi connectivity index (χ4n) is 2.60. The second-order valence-electron chi connectivity index (χ2n) is 6.31. The number of methoxy groups -OCH3 is 1. The molecule has 0 atom stereocenters. The van der Waals surface area contributed by atoms with Crippen molar-refractivity contribution in [1.29, 1.82) is 0 Å². The number of ketones is 1. The van der Waals surface area contributed by atoms with Crippen molar-refractivity contribution in [2.45, 2.75) is 20.8 Å². The van der Waals surface area contributed by atoms with Gasteiger partial charge in [0.15, 0.2) is 6.61 Å². The predicted molar refractivity (Wildman–Crippen MR) is 107 cm³/mol. The van der Waals surface area contributed by atoms with Crippen LogP contribution in [0, 0.1) is 6.92 Å². The Labute approximate surface area is 168 Å². The molecule has 152 valence electrons. The Balaban J connectivity index is 2.16. The van der Waals surface area contributed by atoms with Crippen LogP contribution in [0.15, 0.2) is 36.4 Å².